The maximum Gasteiger partial charge on any atom is 0.263 e. The Morgan fingerprint density at radius 1 is 1.03 bits per heavy atom. The van der Waals surface area contributed by atoms with Crippen molar-refractivity contribution in [3.8, 4) is 0 Å². The normalized spacial score (nSPS) is 15.7. The summed E-state index contributed by atoms with van der Waals surface area (Å²) in [5, 5.41) is 0. The molecule has 29 heavy (non-hydrogen) atoms. The number of aryl methyl sites for hydroxylation is 1. The molecule has 12 heteroatoms. The molecule has 0 N–H and O–H groups in total. The standard InChI is InChI=1S/C7H9N.C5HBr6NO3.C5H5N/c1-2-7-4-3-5-8-6-7;6-1-3(13-10)2(7)5(14-15-11)12(9)4(1)8;1-2-4-6-5-3-1/h3-6H,2H2,1H3;4H;1-5H. The Kier molecular flexibility index (Phi) is 14.7. The lowest BCUT2D eigenvalue weighted by Crippen LogP contribution is -2.27. The summed E-state index contributed by atoms with van der Waals surface area (Å²) >= 11 is 19.0. The second-order valence-corrected chi connectivity index (χ2v) is 8.77. The molecule has 0 fully saturated rings. The Morgan fingerprint density at radius 3 is 2.07 bits per heavy atom. The van der Waals surface area contributed by atoms with Crippen LogP contribution in [0.5, 0.6) is 0 Å². The van der Waals surface area contributed by atoms with Crippen LogP contribution >= 0.6 is 96.5 Å². The lowest BCUT2D eigenvalue weighted by molar-refractivity contribution is -0.154. The Balaban J connectivity index is 0.000000248. The highest BCUT2D eigenvalue weighted by Crippen LogP contribution is 2.43. The number of aromatic nitrogens is 2. The molecule has 0 bridgehead atoms. The van der Waals surface area contributed by atoms with E-state index in [1.807, 2.05) is 30.5 Å². The van der Waals surface area contributed by atoms with E-state index < -0.39 is 0 Å². The van der Waals surface area contributed by atoms with Crippen LogP contribution in [-0.2, 0) is 19.1 Å². The van der Waals surface area contributed by atoms with Gasteiger partial charge in [-0.1, -0.05) is 35.0 Å². The van der Waals surface area contributed by atoms with Gasteiger partial charge in [-0.2, -0.15) is 0 Å². The zero-order valence-corrected chi connectivity index (χ0v) is 24.3. The van der Waals surface area contributed by atoms with Crippen molar-refractivity contribution in [3.63, 3.8) is 0 Å². The van der Waals surface area contributed by atoms with Gasteiger partial charge in [-0.05, 0) is 62.0 Å². The summed E-state index contributed by atoms with van der Waals surface area (Å²) in [6.45, 7) is 2.12. The van der Waals surface area contributed by atoms with Crippen molar-refractivity contribution in [1.29, 1.82) is 0 Å². The second kappa shape index (κ2) is 15.8. The van der Waals surface area contributed by atoms with Crippen molar-refractivity contribution in [2.24, 2.45) is 0 Å². The quantitative estimate of drug-likeness (QED) is 0.104. The van der Waals surface area contributed by atoms with E-state index in [-0.39, 0.29) is 4.95 Å². The minimum absolute atomic E-state index is 0.191. The third kappa shape index (κ3) is 9.36. The Morgan fingerprint density at radius 2 is 1.69 bits per heavy atom. The van der Waals surface area contributed by atoms with E-state index in [0.29, 0.717) is 16.1 Å². The van der Waals surface area contributed by atoms with Crippen molar-refractivity contribution in [2.45, 2.75) is 18.3 Å². The predicted molar refractivity (Wildman–Crippen MR) is 134 cm³/mol. The van der Waals surface area contributed by atoms with Gasteiger partial charge in [0.15, 0.2) is 38.3 Å². The number of hydrogen-bond donors (Lipinski definition) is 0. The SMILES string of the molecule is BrOOC1=C(Br)C(OBr)=C(Br)C(Br)N1Br.CCc1cccnc1.c1ccncc1. The summed E-state index contributed by atoms with van der Waals surface area (Å²) < 4.78 is 12.4. The molecule has 1 aliphatic heterocycles. The van der Waals surface area contributed by atoms with Crippen LogP contribution in [-0.4, -0.2) is 18.8 Å². The largest absolute Gasteiger partial charge is 0.416 e. The lowest BCUT2D eigenvalue weighted by Gasteiger charge is -2.28. The predicted octanol–water partition coefficient (Wildman–Crippen LogP) is 7.81. The van der Waals surface area contributed by atoms with Crippen LogP contribution < -0.4 is 0 Å². The Hall–Kier alpha value is 0.0200. The summed E-state index contributed by atoms with van der Waals surface area (Å²) in [5.41, 5.74) is 1.30. The fourth-order valence-electron chi connectivity index (χ4n) is 1.70. The van der Waals surface area contributed by atoms with E-state index >= 15 is 0 Å². The van der Waals surface area contributed by atoms with E-state index in [1.54, 1.807) is 22.5 Å². The molecule has 1 atom stereocenters. The molecule has 0 aromatic carbocycles. The first-order valence-electron chi connectivity index (χ1n) is 7.84. The lowest BCUT2D eigenvalue weighted by atomic mass is 10.2. The Bertz CT molecular complexity index is 754. The van der Waals surface area contributed by atoms with Gasteiger partial charge >= 0.3 is 0 Å². The van der Waals surface area contributed by atoms with Gasteiger partial charge in [0.05, 0.1) is 20.6 Å². The smallest absolute Gasteiger partial charge is 0.263 e. The molecule has 3 rings (SSSR count). The van der Waals surface area contributed by atoms with Crippen molar-refractivity contribution >= 4 is 96.5 Å². The van der Waals surface area contributed by atoms with Crippen molar-refractivity contribution < 1.29 is 12.7 Å². The monoisotopic (exact) mass is 783 g/mol. The first-order valence-corrected chi connectivity index (χ1v) is 12.3. The van der Waals surface area contributed by atoms with E-state index in [4.69, 9.17) is 8.72 Å². The number of nitrogens with zero attached hydrogens (tertiary/aromatic N) is 3. The molecule has 158 valence electrons. The molecule has 0 saturated heterocycles. The van der Waals surface area contributed by atoms with Crippen LogP contribution in [0.4, 0.5) is 0 Å². The molecular weight excluding hydrogens is 774 g/mol. The summed E-state index contributed by atoms with van der Waals surface area (Å²) in [4.78, 5) is 12.5. The van der Waals surface area contributed by atoms with Gasteiger partial charge in [-0.25, -0.2) is 0 Å². The second-order valence-electron chi connectivity index (χ2n) is 4.91. The van der Waals surface area contributed by atoms with Gasteiger partial charge in [0.2, 0.25) is 0 Å². The van der Waals surface area contributed by atoms with Crippen molar-refractivity contribution in [1.82, 2.24) is 13.9 Å². The minimum Gasteiger partial charge on any atom is -0.416 e. The van der Waals surface area contributed by atoms with Gasteiger partial charge in [-0.15, -0.1) is 3.98 Å². The maximum absolute atomic E-state index is 5.02. The van der Waals surface area contributed by atoms with Crippen LogP contribution in [0.15, 0.2) is 75.7 Å². The molecule has 3 heterocycles. The minimum atomic E-state index is -0.191. The highest BCUT2D eigenvalue weighted by Gasteiger charge is 2.34. The average molecular weight is 789 g/mol. The number of hydrogen-bond acceptors (Lipinski definition) is 6. The average Bonchev–Trinajstić information content (AvgIpc) is 2.78. The van der Waals surface area contributed by atoms with Crippen LogP contribution in [0, 0.1) is 0 Å². The summed E-state index contributed by atoms with van der Waals surface area (Å²) in [6.07, 6.45) is 8.26. The van der Waals surface area contributed by atoms with Crippen LogP contribution in [0.2, 0.25) is 0 Å². The summed E-state index contributed by atoms with van der Waals surface area (Å²) in [6, 6.07) is 9.75. The van der Waals surface area contributed by atoms with Gasteiger partial charge in [0.25, 0.3) is 5.88 Å². The van der Waals surface area contributed by atoms with Crippen LogP contribution in [0.1, 0.15) is 12.5 Å². The number of allylic oxidation sites excluding steroid dienone is 1. The molecule has 0 amide bonds. The van der Waals surface area contributed by atoms with E-state index in [0.717, 1.165) is 10.9 Å². The number of rotatable bonds is 4. The zero-order chi connectivity index (χ0) is 21.6. The van der Waals surface area contributed by atoms with Crippen LogP contribution in [0.3, 0.4) is 0 Å². The third-order valence-electron chi connectivity index (χ3n) is 3.09. The van der Waals surface area contributed by atoms with E-state index in [9.17, 15) is 0 Å². The highest BCUT2D eigenvalue weighted by atomic mass is 79.9. The third-order valence-corrected chi connectivity index (χ3v) is 7.80. The number of pyridine rings is 2. The van der Waals surface area contributed by atoms with E-state index in [2.05, 4.69) is 123 Å². The number of alkyl halides is 1. The molecule has 1 aliphatic rings. The Labute approximate surface area is 220 Å². The fraction of sp³-hybridized carbons (Fsp3) is 0.176. The van der Waals surface area contributed by atoms with Gasteiger partial charge in [0, 0.05) is 24.8 Å². The van der Waals surface area contributed by atoms with Crippen molar-refractivity contribution in [2.75, 3.05) is 0 Å². The first-order chi connectivity index (χ1) is 14.0. The molecule has 0 aliphatic carbocycles. The topological polar surface area (TPSA) is 56.7 Å². The van der Waals surface area contributed by atoms with Crippen LogP contribution in [0.25, 0.3) is 0 Å². The van der Waals surface area contributed by atoms with E-state index in [1.165, 1.54) is 5.56 Å². The molecular formula is C17H15Br6N3O3. The fourth-order valence-corrected chi connectivity index (χ4v) is 5.24. The van der Waals surface area contributed by atoms with Gasteiger partial charge < -0.3 is 8.72 Å². The first kappa shape index (κ1) is 27.1. The summed E-state index contributed by atoms with van der Waals surface area (Å²) in [5.74, 6) is 0.915. The summed E-state index contributed by atoms with van der Waals surface area (Å²) in [7, 11) is 0. The molecule has 0 radical (unpaired) electrons. The molecule has 6 nitrogen and oxygen atoms in total. The number of halogens is 6. The molecule has 2 aromatic heterocycles. The molecule has 2 aromatic rings. The zero-order valence-electron chi connectivity index (χ0n) is 14.8. The van der Waals surface area contributed by atoms with Gasteiger partial charge in [-0.3, -0.25) is 13.9 Å². The highest BCUT2D eigenvalue weighted by molar-refractivity contribution is 9.14. The van der Waals surface area contributed by atoms with Gasteiger partial charge in [0.1, 0.15) is 9.43 Å². The molecule has 1 unspecified atom stereocenters. The maximum atomic E-state index is 5.02. The molecule has 0 saturated carbocycles. The molecule has 0 spiro atoms. The van der Waals surface area contributed by atoms with Crippen molar-refractivity contribution in [3.05, 3.63) is 81.3 Å².